The van der Waals surface area contributed by atoms with Crippen LogP contribution in [0.2, 0.25) is 0 Å². The lowest BCUT2D eigenvalue weighted by Crippen LogP contribution is -2.30. The fourth-order valence-electron chi connectivity index (χ4n) is 3.79. The zero-order valence-corrected chi connectivity index (χ0v) is 18.4. The van der Waals surface area contributed by atoms with Gasteiger partial charge in [0.05, 0.1) is 23.0 Å². The highest BCUT2D eigenvalue weighted by molar-refractivity contribution is 8.05. The van der Waals surface area contributed by atoms with E-state index >= 15 is 0 Å². The van der Waals surface area contributed by atoms with E-state index in [1.807, 2.05) is 42.5 Å². The summed E-state index contributed by atoms with van der Waals surface area (Å²) in [7, 11) is 1.62. The van der Waals surface area contributed by atoms with Crippen LogP contribution in [0, 0.1) is 0 Å². The first kappa shape index (κ1) is 21.4. The molecule has 0 bridgehead atoms. The number of nitrogens with one attached hydrogen (secondary N) is 1. The fourth-order valence-corrected chi connectivity index (χ4v) is 4.82. The zero-order valence-electron chi connectivity index (χ0n) is 17.6. The van der Waals surface area contributed by atoms with Crippen molar-refractivity contribution in [2.45, 2.75) is 37.4 Å². The second-order valence-electron chi connectivity index (χ2n) is 7.73. The van der Waals surface area contributed by atoms with E-state index < -0.39 is 0 Å². The first-order valence-corrected chi connectivity index (χ1v) is 11.5. The lowest BCUT2D eigenvalue weighted by molar-refractivity contribution is -0.117. The molecule has 3 aliphatic rings. The minimum atomic E-state index is -0.275. The molecule has 2 aliphatic carbocycles. The first-order chi connectivity index (χ1) is 15.1. The Kier molecular flexibility index (Phi) is 6.87. The standard InChI is InChI=1S/C25H26N2O3S/c1-30-20-10-7-18(8-11-20)15-23-25(29)27-21-16-19(9-12-22(21)31-23)24(28)26-14-13-17-5-3-2-4-6-17/h5,7-12,15-16,22H,2-4,6,13-14H2,1H3,(H,26,28)/b23-15+. The molecule has 0 fully saturated rings. The van der Waals surface area contributed by atoms with E-state index in [1.165, 1.54) is 30.2 Å². The monoisotopic (exact) mass is 434 g/mol. The summed E-state index contributed by atoms with van der Waals surface area (Å²) in [5.41, 5.74) is 3.53. The van der Waals surface area contributed by atoms with Crippen molar-refractivity contribution >= 4 is 35.4 Å². The molecular weight excluding hydrogens is 408 g/mol. The van der Waals surface area contributed by atoms with Gasteiger partial charge in [0.15, 0.2) is 0 Å². The van der Waals surface area contributed by atoms with Crippen LogP contribution in [0.5, 0.6) is 5.75 Å². The number of amides is 2. The summed E-state index contributed by atoms with van der Waals surface area (Å²) in [6, 6.07) is 7.53. The molecule has 0 radical (unpaired) electrons. The van der Waals surface area contributed by atoms with Crippen LogP contribution in [-0.2, 0) is 9.59 Å². The highest BCUT2D eigenvalue weighted by Gasteiger charge is 2.28. The molecule has 1 N–H and O–H groups in total. The molecule has 1 heterocycles. The Bertz CT molecular complexity index is 1020. The maximum Gasteiger partial charge on any atom is 0.283 e. The average Bonchev–Trinajstić information content (AvgIpc) is 2.80. The van der Waals surface area contributed by atoms with Crippen molar-refractivity contribution in [1.29, 1.82) is 0 Å². The maximum absolute atomic E-state index is 12.5. The van der Waals surface area contributed by atoms with Gasteiger partial charge in [-0.1, -0.05) is 35.9 Å². The molecule has 1 aromatic carbocycles. The van der Waals surface area contributed by atoms with Gasteiger partial charge in [-0.05, 0) is 62.0 Å². The molecule has 0 spiro atoms. The highest BCUT2D eigenvalue weighted by Crippen LogP contribution is 2.34. The lowest BCUT2D eigenvalue weighted by atomic mass is 9.97. The van der Waals surface area contributed by atoms with E-state index in [9.17, 15) is 9.59 Å². The third-order valence-corrected chi connectivity index (χ3v) is 6.73. The number of aliphatic imine (C=N–C) groups is 1. The number of fused-ring (bicyclic) bond motifs is 1. The fraction of sp³-hybridized carbons (Fsp3) is 0.320. The van der Waals surface area contributed by atoms with Gasteiger partial charge in [-0.25, -0.2) is 4.99 Å². The number of allylic oxidation sites excluding steroid dienone is 2. The van der Waals surface area contributed by atoms with Crippen LogP contribution in [0.4, 0.5) is 0 Å². The van der Waals surface area contributed by atoms with E-state index in [0.29, 0.717) is 22.7 Å². The summed E-state index contributed by atoms with van der Waals surface area (Å²) in [5, 5.41) is 2.93. The van der Waals surface area contributed by atoms with Crippen molar-refractivity contribution in [2.75, 3.05) is 13.7 Å². The van der Waals surface area contributed by atoms with Gasteiger partial charge < -0.3 is 10.1 Å². The molecule has 0 saturated carbocycles. The Morgan fingerprint density at radius 1 is 1.29 bits per heavy atom. The summed E-state index contributed by atoms with van der Waals surface area (Å²) in [4.78, 5) is 29.9. The average molecular weight is 435 g/mol. The molecule has 0 aromatic heterocycles. The molecule has 0 saturated heterocycles. The number of hydrogen-bond donors (Lipinski definition) is 1. The minimum absolute atomic E-state index is 0.0638. The van der Waals surface area contributed by atoms with Crippen LogP contribution in [0.1, 0.15) is 37.7 Å². The largest absolute Gasteiger partial charge is 0.497 e. The molecule has 6 heteroatoms. The summed E-state index contributed by atoms with van der Waals surface area (Å²) in [5.74, 6) is 0.375. The second kappa shape index (κ2) is 9.96. The summed E-state index contributed by atoms with van der Waals surface area (Å²) in [6.45, 7) is 0.633. The third-order valence-electron chi connectivity index (χ3n) is 5.53. The van der Waals surface area contributed by atoms with Crippen molar-refractivity contribution in [2.24, 2.45) is 4.99 Å². The van der Waals surface area contributed by atoms with E-state index in [2.05, 4.69) is 16.4 Å². The SMILES string of the molecule is COc1ccc(/C=C2/SC3C=CC(C(=O)NCCC4=CCCCC4)=CC3=NC2=O)cc1. The van der Waals surface area contributed by atoms with Crippen LogP contribution < -0.4 is 10.1 Å². The van der Waals surface area contributed by atoms with Crippen LogP contribution in [-0.4, -0.2) is 36.4 Å². The van der Waals surface area contributed by atoms with Crippen LogP contribution in [0.15, 0.2) is 69.6 Å². The predicted octanol–water partition coefficient (Wildman–Crippen LogP) is 4.62. The summed E-state index contributed by atoms with van der Waals surface area (Å²) >= 11 is 1.46. The quantitative estimate of drug-likeness (QED) is 0.524. The highest BCUT2D eigenvalue weighted by atomic mass is 32.2. The van der Waals surface area contributed by atoms with E-state index in [0.717, 1.165) is 30.6 Å². The number of thioether (sulfide) groups is 1. The molecule has 1 unspecified atom stereocenters. The van der Waals surface area contributed by atoms with Gasteiger partial charge in [0, 0.05) is 12.1 Å². The molecule has 160 valence electrons. The maximum atomic E-state index is 12.5. The third kappa shape index (κ3) is 5.44. The number of benzene rings is 1. The summed E-state index contributed by atoms with van der Waals surface area (Å²) in [6.07, 6.45) is 15.4. The van der Waals surface area contributed by atoms with E-state index in [1.54, 1.807) is 13.2 Å². The van der Waals surface area contributed by atoms with Gasteiger partial charge in [-0.3, -0.25) is 9.59 Å². The van der Waals surface area contributed by atoms with Gasteiger partial charge in [-0.2, -0.15) is 0 Å². The molecule has 1 atom stereocenters. The van der Waals surface area contributed by atoms with Crippen molar-refractivity contribution < 1.29 is 14.3 Å². The molecule has 4 rings (SSSR count). The lowest BCUT2D eigenvalue weighted by Gasteiger charge is -2.22. The smallest absolute Gasteiger partial charge is 0.283 e. The minimum Gasteiger partial charge on any atom is -0.497 e. The van der Waals surface area contributed by atoms with Crippen LogP contribution in [0.25, 0.3) is 6.08 Å². The topological polar surface area (TPSA) is 67.8 Å². The number of ether oxygens (including phenoxy) is 1. The van der Waals surface area contributed by atoms with Crippen LogP contribution in [0.3, 0.4) is 0 Å². The van der Waals surface area contributed by atoms with Crippen molar-refractivity contribution in [1.82, 2.24) is 5.32 Å². The Labute approximate surface area is 187 Å². The predicted molar refractivity (Wildman–Crippen MR) is 126 cm³/mol. The van der Waals surface area contributed by atoms with Gasteiger partial charge in [0.2, 0.25) is 0 Å². The van der Waals surface area contributed by atoms with Gasteiger partial charge in [0.1, 0.15) is 5.75 Å². The summed E-state index contributed by atoms with van der Waals surface area (Å²) < 4.78 is 5.17. The van der Waals surface area contributed by atoms with Crippen LogP contribution >= 0.6 is 11.8 Å². The molecule has 5 nitrogen and oxygen atoms in total. The van der Waals surface area contributed by atoms with Gasteiger partial charge >= 0.3 is 0 Å². The van der Waals surface area contributed by atoms with Crippen molar-refractivity contribution in [3.05, 3.63) is 70.2 Å². The number of carbonyl (C=O) groups excluding carboxylic acids is 2. The molecule has 2 amide bonds. The number of carbonyl (C=O) groups is 2. The number of rotatable bonds is 6. The molecule has 1 aromatic rings. The molecular formula is C25H26N2O3S. The van der Waals surface area contributed by atoms with Gasteiger partial charge in [-0.15, -0.1) is 11.8 Å². The normalized spacial score (nSPS) is 21.7. The first-order valence-electron chi connectivity index (χ1n) is 10.6. The molecule has 1 aliphatic heterocycles. The Hall–Kier alpha value is -2.86. The number of hydrogen-bond acceptors (Lipinski definition) is 4. The Morgan fingerprint density at radius 2 is 2.13 bits per heavy atom. The van der Waals surface area contributed by atoms with E-state index in [-0.39, 0.29) is 17.1 Å². The zero-order chi connectivity index (χ0) is 21.6. The number of nitrogens with zero attached hydrogens (tertiary/aromatic N) is 1. The van der Waals surface area contributed by atoms with Gasteiger partial charge in [0.25, 0.3) is 11.8 Å². The molecule has 31 heavy (non-hydrogen) atoms. The van der Waals surface area contributed by atoms with Crippen molar-refractivity contribution in [3.63, 3.8) is 0 Å². The Balaban J connectivity index is 1.39. The Morgan fingerprint density at radius 3 is 2.87 bits per heavy atom. The van der Waals surface area contributed by atoms with Crippen molar-refractivity contribution in [3.8, 4) is 5.75 Å². The second-order valence-corrected chi connectivity index (χ2v) is 8.92. The number of methoxy groups -OCH3 is 1. The van der Waals surface area contributed by atoms with E-state index in [4.69, 9.17) is 4.74 Å².